The van der Waals surface area contributed by atoms with Crippen LogP contribution in [0.4, 0.5) is 17.1 Å². The molecule has 0 amide bonds. The molecule has 0 unspecified atom stereocenters. The van der Waals surface area contributed by atoms with Crippen LogP contribution < -0.4 is 31.6 Å². The molecule has 0 aliphatic carbocycles. The van der Waals surface area contributed by atoms with Crippen LogP contribution in [0.5, 0.6) is 0 Å². The SMILES string of the molecule is C=C(OCC)c1ccc(N=CN(C)c2ccc(CN(C)c3ccc(C=c4c(=O)[nH]c(=C)[nH]c4=O)cc3)cc2)cc1. The highest BCUT2D eigenvalue weighted by atomic mass is 16.5. The Hall–Kier alpha value is -5.11. The predicted molar refractivity (Wildman–Crippen MR) is 165 cm³/mol. The van der Waals surface area contributed by atoms with E-state index in [-0.39, 0.29) is 10.7 Å². The monoisotopic (exact) mass is 535 g/mol. The molecule has 2 N–H and O–H groups in total. The van der Waals surface area contributed by atoms with Crippen molar-refractivity contribution in [3.05, 3.63) is 127 Å². The van der Waals surface area contributed by atoms with Gasteiger partial charge in [-0.2, -0.15) is 0 Å². The predicted octanol–water partition coefficient (Wildman–Crippen LogP) is 3.74. The molecule has 8 nitrogen and oxygen atoms in total. The van der Waals surface area contributed by atoms with E-state index >= 15 is 0 Å². The van der Waals surface area contributed by atoms with Gasteiger partial charge in [0.15, 0.2) is 0 Å². The summed E-state index contributed by atoms with van der Waals surface area (Å²) in [4.78, 5) is 37.9. The summed E-state index contributed by atoms with van der Waals surface area (Å²) in [7, 11) is 3.98. The van der Waals surface area contributed by atoms with E-state index in [1.807, 2.05) is 74.4 Å². The molecule has 1 heterocycles. The van der Waals surface area contributed by atoms with Crippen LogP contribution in [-0.4, -0.2) is 37.0 Å². The van der Waals surface area contributed by atoms with E-state index in [0.717, 1.165) is 33.8 Å². The largest absolute Gasteiger partial charge is 0.494 e. The van der Waals surface area contributed by atoms with Crippen molar-refractivity contribution >= 4 is 41.8 Å². The number of nitrogens with one attached hydrogen (secondary N) is 2. The lowest BCUT2D eigenvalue weighted by molar-refractivity contribution is 0.299. The molecule has 0 spiro atoms. The van der Waals surface area contributed by atoms with Gasteiger partial charge in [-0.1, -0.05) is 37.4 Å². The van der Waals surface area contributed by atoms with Crippen LogP contribution in [0.2, 0.25) is 0 Å². The lowest BCUT2D eigenvalue weighted by atomic mass is 10.1. The quantitative estimate of drug-likeness (QED) is 0.183. The summed E-state index contributed by atoms with van der Waals surface area (Å²) in [6.45, 7) is 10.7. The maximum Gasteiger partial charge on any atom is 0.262 e. The van der Waals surface area contributed by atoms with Gasteiger partial charge >= 0.3 is 0 Å². The number of H-pyrrole nitrogens is 2. The minimum Gasteiger partial charge on any atom is -0.494 e. The van der Waals surface area contributed by atoms with Crippen LogP contribution in [0, 0.1) is 0 Å². The van der Waals surface area contributed by atoms with Gasteiger partial charge in [0, 0.05) is 37.6 Å². The molecule has 0 saturated carbocycles. The second kappa shape index (κ2) is 12.6. The third kappa shape index (κ3) is 7.05. The van der Waals surface area contributed by atoms with Gasteiger partial charge in [-0.3, -0.25) is 9.59 Å². The van der Waals surface area contributed by atoms with Crippen LogP contribution in [-0.2, 0) is 11.3 Å². The van der Waals surface area contributed by atoms with Gasteiger partial charge in [0.25, 0.3) is 11.1 Å². The Bertz CT molecular complexity index is 1680. The molecule has 0 radical (unpaired) electrons. The zero-order chi connectivity index (χ0) is 28.6. The Morgan fingerprint density at radius 2 is 1.50 bits per heavy atom. The highest BCUT2D eigenvalue weighted by molar-refractivity contribution is 5.80. The zero-order valence-corrected chi connectivity index (χ0v) is 23.0. The fourth-order valence-corrected chi connectivity index (χ4v) is 4.08. The number of hydrogen-bond donors (Lipinski definition) is 2. The van der Waals surface area contributed by atoms with E-state index in [1.54, 1.807) is 12.4 Å². The van der Waals surface area contributed by atoms with E-state index in [1.165, 1.54) is 0 Å². The van der Waals surface area contributed by atoms with Crippen LogP contribution in [0.1, 0.15) is 23.6 Å². The van der Waals surface area contributed by atoms with Gasteiger partial charge in [0.05, 0.1) is 18.6 Å². The molecule has 0 aliphatic heterocycles. The van der Waals surface area contributed by atoms with Crippen LogP contribution in [0.15, 0.2) is 94.0 Å². The minimum atomic E-state index is -0.464. The van der Waals surface area contributed by atoms with Crippen molar-refractivity contribution < 1.29 is 4.74 Å². The number of rotatable bonds is 10. The first kappa shape index (κ1) is 27.9. The Morgan fingerprint density at radius 3 is 2.10 bits per heavy atom. The van der Waals surface area contributed by atoms with Crippen molar-refractivity contribution in [2.75, 3.05) is 30.5 Å². The summed E-state index contributed by atoms with van der Waals surface area (Å²) < 4.78 is 5.45. The number of aromatic nitrogens is 2. The van der Waals surface area contributed by atoms with Crippen LogP contribution in [0.25, 0.3) is 18.4 Å². The third-order valence-electron chi connectivity index (χ3n) is 6.31. The van der Waals surface area contributed by atoms with Crippen molar-refractivity contribution in [3.63, 3.8) is 0 Å². The minimum absolute atomic E-state index is 0.0466. The molecule has 0 aliphatic rings. The summed E-state index contributed by atoms with van der Waals surface area (Å²) in [5, 5.41) is 0.0466. The number of nitrogens with zero attached hydrogens (tertiary/aromatic N) is 3. The van der Waals surface area contributed by atoms with Crippen molar-refractivity contribution in [2.24, 2.45) is 4.99 Å². The molecule has 0 saturated heterocycles. The molecular weight excluding hydrogens is 502 g/mol. The smallest absolute Gasteiger partial charge is 0.262 e. The fraction of sp³-hybridized carbons (Fsp3) is 0.156. The lowest BCUT2D eigenvalue weighted by Gasteiger charge is -2.20. The Labute approximate surface area is 232 Å². The average Bonchev–Trinajstić information content (AvgIpc) is 2.94. The van der Waals surface area contributed by atoms with Crippen molar-refractivity contribution in [1.82, 2.24) is 9.97 Å². The Morgan fingerprint density at radius 1 is 0.900 bits per heavy atom. The standard InChI is InChI=1S/C32H33N5O3/c1-6-40-22(2)26-11-13-27(14-12-26)33-21-37(5)29-17-9-25(10-18-29)20-36(4)28-15-7-24(8-16-28)19-30-31(38)34-23(3)35-32(30)39/h7-19,21H,2-3,6,20H2,1,4-5H3,(H,34,38)(H,35,39). The highest BCUT2D eigenvalue weighted by Crippen LogP contribution is 2.21. The summed E-state index contributed by atoms with van der Waals surface area (Å²) >= 11 is 0. The maximum absolute atomic E-state index is 12.1. The van der Waals surface area contributed by atoms with Gasteiger partial charge in [-0.05, 0) is 72.7 Å². The number of hydrogen-bond acceptors (Lipinski definition) is 5. The molecule has 4 rings (SSSR count). The second-order valence-electron chi connectivity index (χ2n) is 9.32. The molecule has 40 heavy (non-hydrogen) atoms. The van der Waals surface area contributed by atoms with Gasteiger partial charge in [-0.15, -0.1) is 0 Å². The lowest BCUT2D eigenvalue weighted by Crippen LogP contribution is -2.47. The van der Waals surface area contributed by atoms with Crippen molar-refractivity contribution in [1.29, 1.82) is 0 Å². The molecule has 0 atom stereocenters. The first-order valence-electron chi connectivity index (χ1n) is 12.9. The highest BCUT2D eigenvalue weighted by Gasteiger charge is 2.05. The van der Waals surface area contributed by atoms with Crippen molar-refractivity contribution in [3.8, 4) is 0 Å². The number of benzene rings is 3. The van der Waals surface area contributed by atoms with Crippen LogP contribution in [0.3, 0.4) is 0 Å². The molecular formula is C32H33N5O3. The zero-order valence-electron chi connectivity index (χ0n) is 23.0. The third-order valence-corrected chi connectivity index (χ3v) is 6.31. The number of anilines is 2. The second-order valence-corrected chi connectivity index (χ2v) is 9.32. The van der Waals surface area contributed by atoms with E-state index in [2.05, 4.69) is 57.3 Å². The first-order valence-corrected chi connectivity index (χ1v) is 12.9. The molecule has 0 bridgehead atoms. The summed E-state index contributed by atoms with van der Waals surface area (Å²) in [6.07, 6.45) is 3.36. The molecule has 3 aromatic carbocycles. The molecule has 204 valence electrons. The van der Waals surface area contributed by atoms with E-state index in [9.17, 15) is 9.59 Å². The van der Waals surface area contributed by atoms with E-state index in [0.29, 0.717) is 18.9 Å². The Kier molecular flexibility index (Phi) is 8.81. The maximum atomic E-state index is 12.1. The molecule has 0 fully saturated rings. The number of aromatic amines is 2. The van der Waals surface area contributed by atoms with Gasteiger partial charge < -0.3 is 24.5 Å². The summed E-state index contributed by atoms with van der Waals surface area (Å²) in [5.41, 5.74) is 4.99. The van der Waals surface area contributed by atoms with Gasteiger partial charge in [0.2, 0.25) is 0 Å². The summed E-state index contributed by atoms with van der Waals surface area (Å²) in [6, 6.07) is 23.8. The molecule has 1 aromatic heterocycles. The molecule has 4 aromatic rings. The topological polar surface area (TPSA) is 93.8 Å². The number of ether oxygens (including phenoxy) is 1. The molecule has 8 heteroatoms. The summed E-state index contributed by atoms with van der Waals surface area (Å²) in [5.74, 6) is 0.656. The average molecular weight is 536 g/mol. The van der Waals surface area contributed by atoms with E-state index in [4.69, 9.17) is 4.74 Å². The number of aliphatic imine (C=N–C) groups is 1. The van der Waals surface area contributed by atoms with Crippen molar-refractivity contribution in [2.45, 2.75) is 13.5 Å². The van der Waals surface area contributed by atoms with Gasteiger partial charge in [-0.25, -0.2) is 4.99 Å². The fourth-order valence-electron chi connectivity index (χ4n) is 4.08. The normalized spacial score (nSPS) is 10.9. The van der Waals surface area contributed by atoms with Crippen LogP contribution >= 0.6 is 0 Å². The van der Waals surface area contributed by atoms with E-state index < -0.39 is 11.1 Å². The van der Waals surface area contributed by atoms with Gasteiger partial charge in [0.1, 0.15) is 16.5 Å². The first-order chi connectivity index (χ1) is 19.2. The Balaban J connectivity index is 1.37.